The van der Waals surface area contributed by atoms with E-state index < -0.39 is 11.9 Å². The lowest BCUT2D eigenvalue weighted by Gasteiger charge is -2.15. The first-order valence-electron chi connectivity index (χ1n) is 9.00. The number of hydrogen-bond donors (Lipinski definition) is 2. The zero-order valence-corrected chi connectivity index (χ0v) is 15.9. The van der Waals surface area contributed by atoms with Crippen LogP contribution >= 0.6 is 0 Å². The minimum Gasteiger partial charge on any atom is -0.496 e. The maximum atomic E-state index is 12.3. The van der Waals surface area contributed by atoms with Crippen molar-refractivity contribution in [2.45, 2.75) is 12.8 Å². The van der Waals surface area contributed by atoms with Gasteiger partial charge in [-0.25, -0.2) is 4.68 Å². The third-order valence-corrected chi connectivity index (χ3v) is 4.47. The van der Waals surface area contributed by atoms with Crippen molar-refractivity contribution in [3.8, 4) is 11.4 Å². The van der Waals surface area contributed by atoms with E-state index in [0.29, 0.717) is 5.75 Å². The van der Waals surface area contributed by atoms with Crippen molar-refractivity contribution in [2.24, 2.45) is 5.92 Å². The van der Waals surface area contributed by atoms with Gasteiger partial charge in [-0.05, 0) is 46.2 Å². The quantitative estimate of drug-likeness (QED) is 0.560. The first kappa shape index (κ1) is 20.0. The predicted molar refractivity (Wildman–Crippen MR) is 104 cm³/mol. The first-order valence-corrected chi connectivity index (χ1v) is 9.00. The number of tetrazole rings is 1. The summed E-state index contributed by atoms with van der Waals surface area (Å²) in [5.74, 6) is -1.33. The van der Waals surface area contributed by atoms with Crippen molar-refractivity contribution in [3.05, 3.63) is 66.0 Å². The van der Waals surface area contributed by atoms with Crippen LogP contribution in [0.3, 0.4) is 0 Å². The van der Waals surface area contributed by atoms with Crippen molar-refractivity contribution in [3.63, 3.8) is 0 Å². The van der Waals surface area contributed by atoms with Crippen LogP contribution < -0.4 is 10.1 Å². The molecule has 3 rings (SSSR count). The highest BCUT2D eigenvalue weighted by Crippen LogP contribution is 2.21. The molecule has 1 amide bonds. The summed E-state index contributed by atoms with van der Waals surface area (Å²) in [7, 11) is 1.54. The summed E-state index contributed by atoms with van der Waals surface area (Å²) in [4.78, 5) is 23.9. The van der Waals surface area contributed by atoms with E-state index in [-0.39, 0.29) is 25.3 Å². The molecule has 1 unspecified atom stereocenters. The zero-order chi connectivity index (χ0) is 20.6. The summed E-state index contributed by atoms with van der Waals surface area (Å²) >= 11 is 0. The Morgan fingerprint density at radius 1 is 1.17 bits per heavy atom. The number of carboxylic acids is 1. The van der Waals surface area contributed by atoms with Gasteiger partial charge in [-0.15, -0.1) is 5.10 Å². The van der Waals surface area contributed by atoms with E-state index in [4.69, 9.17) is 4.74 Å². The standard InChI is InChI=1S/C20H21N5O4/c1-29-18-5-3-2-4-15(18)11-16(20(27)28)12-21-19(26)10-14-6-8-17(9-7-14)25-13-22-23-24-25/h2-9,13,16H,10-12H2,1H3,(H,21,26)(H,27,28). The number of methoxy groups -OCH3 is 1. The van der Waals surface area contributed by atoms with Crippen LogP contribution in [0.15, 0.2) is 54.9 Å². The molecule has 9 heteroatoms. The minimum atomic E-state index is -0.970. The Kier molecular flexibility index (Phi) is 6.51. The Morgan fingerprint density at radius 3 is 2.59 bits per heavy atom. The van der Waals surface area contributed by atoms with E-state index in [1.165, 1.54) is 11.0 Å². The normalized spacial score (nSPS) is 11.6. The predicted octanol–water partition coefficient (Wildman–Crippen LogP) is 1.27. The highest BCUT2D eigenvalue weighted by Gasteiger charge is 2.20. The minimum absolute atomic E-state index is 0.0366. The van der Waals surface area contributed by atoms with E-state index in [2.05, 4.69) is 20.8 Å². The molecule has 0 aliphatic rings. The number of carbonyl (C=O) groups excluding carboxylic acids is 1. The topological polar surface area (TPSA) is 119 Å². The second kappa shape index (κ2) is 9.45. The fraction of sp³-hybridized carbons (Fsp3) is 0.250. The molecule has 0 spiro atoms. The molecular weight excluding hydrogens is 374 g/mol. The highest BCUT2D eigenvalue weighted by atomic mass is 16.5. The van der Waals surface area contributed by atoms with Crippen LogP contribution in [0.2, 0.25) is 0 Å². The molecule has 0 saturated carbocycles. The third kappa shape index (κ3) is 5.38. The lowest BCUT2D eigenvalue weighted by molar-refractivity contribution is -0.141. The smallest absolute Gasteiger partial charge is 0.308 e. The summed E-state index contributed by atoms with van der Waals surface area (Å²) < 4.78 is 6.79. The Balaban J connectivity index is 1.55. The largest absolute Gasteiger partial charge is 0.496 e. The molecule has 2 N–H and O–H groups in total. The van der Waals surface area contributed by atoms with Crippen LogP contribution in [0.4, 0.5) is 0 Å². The Bertz CT molecular complexity index is 957. The van der Waals surface area contributed by atoms with Gasteiger partial charge in [0.05, 0.1) is 25.1 Å². The number of para-hydroxylation sites is 1. The van der Waals surface area contributed by atoms with Crippen LogP contribution in [0.1, 0.15) is 11.1 Å². The highest BCUT2D eigenvalue weighted by molar-refractivity contribution is 5.79. The number of nitrogens with one attached hydrogen (secondary N) is 1. The Labute approximate surface area is 167 Å². The van der Waals surface area contributed by atoms with E-state index >= 15 is 0 Å². The van der Waals surface area contributed by atoms with Gasteiger partial charge in [-0.1, -0.05) is 30.3 Å². The second-order valence-electron chi connectivity index (χ2n) is 6.45. The maximum absolute atomic E-state index is 12.3. The van der Waals surface area contributed by atoms with Gasteiger partial charge in [0.2, 0.25) is 5.91 Å². The zero-order valence-electron chi connectivity index (χ0n) is 15.9. The number of nitrogens with zero attached hydrogens (tertiary/aromatic N) is 4. The summed E-state index contributed by atoms with van der Waals surface area (Å²) in [6, 6.07) is 14.5. The number of ether oxygens (including phenoxy) is 1. The molecule has 0 aliphatic carbocycles. The molecule has 1 atom stereocenters. The Morgan fingerprint density at radius 2 is 1.93 bits per heavy atom. The fourth-order valence-electron chi connectivity index (χ4n) is 2.91. The summed E-state index contributed by atoms with van der Waals surface area (Å²) in [5.41, 5.74) is 2.37. The van der Waals surface area contributed by atoms with Gasteiger partial charge in [0.15, 0.2) is 0 Å². The van der Waals surface area contributed by atoms with Gasteiger partial charge < -0.3 is 15.2 Å². The summed E-state index contributed by atoms with van der Waals surface area (Å²) in [5, 5.41) is 23.2. The summed E-state index contributed by atoms with van der Waals surface area (Å²) in [6.07, 6.45) is 1.90. The van der Waals surface area contributed by atoms with Crippen molar-refractivity contribution in [1.29, 1.82) is 0 Å². The SMILES string of the molecule is COc1ccccc1CC(CNC(=O)Cc1ccc(-n2cnnn2)cc1)C(=O)O. The number of aromatic nitrogens is 4. The molecule has 3 aromatic rings. The number of benzene rings is 2. The molecule has 0 aliphatic heterocycles. The van der Waals surface area contributed by atoms with Gasteiger partial charge in [0, 0.05) is 6.54 Å². The Hall–Kier alpha value is -3.75. The maximum Gasteiger partial charge on any atom is 0.308 e. The summed E-state index contributed by atoms with van der Waals surface area (Å²) in [6.45, 7) is 0.0366. The molecule has 9 nitrogen and oxygen atoms in total. The monoisotopic (exact) mass is 395 g/mol. The van der Waals surface area contributed by atoms with Crippen LogP contribution in [0.25, 0.3) is 5.69 Å². The van der Waals surface area contributed by atoms with Crippen LogP contribution in [0, 0.1) is 5.92 Å². The molecule has 29 heavy (non-hydrogen) atoms. The average Bonchev–Trinajstić information content (AvgIpc) is 3.26. The van der Waals surface area contributed by atoms with E-state index in [9.17, 15) is 14.7 Å². The molecule has 150 valence electrons. The average molecular weight is 395 g/mol. The van der Waals surface area contributed by atoms with Gasteiger partial charge in [-0.2, -0.15) is 0 Å². The molecule has 0 fully saturated rings. The number of rotatable bonds is 9. The third-order valence-electron chi connectivity index (χ3n) is 4.47. The first-order chi connectivity index (χ1) is 14.1. The van der Waals surface area contributed by atoms with E-state index in [1.54, 1.807) is 37.4 Å². The fourth-order valence-corrected chi connectivity index (χ4v) is 2.91. The number of amides is 1. The molecule has 0 saturated heterocycles. The molecule has 0 radical (unpaired) electrons. The molecule has 1 heterocycles. The van der Waals surface area contributed by atoms with Crippen LogP contribution in [-0.4, -0.2) is 50.8 Å². The van der Waals surface area contributed by atoms with Crippen molar-refractivity contribution in [2.75, 3.05) is 13.7 Å². The van der Waals surface area contributed by atoms with Crippen molar-refractivity contribution in [1.82, 2.24) is 25.5 Å². The van der Waals surface area contributed by atoms with Crippen LogP contribution in [0.5, 0.6) is 5.75 Å². The van der Waals surface area contributed by atoms with E-state index in [1.807, 2.05) is 18.2 Å². The molecule has 0 bridgehead atoms. The van der Waals surface area contributed by atoms with Gasteiger partial charge >= 0.3 is 5.97 Å². The van der Waals surface area contributed by atoms with Crippen molar-refractivity contribution < 1.29 is 19.4 Å². The van der Waals surface area contributed by atoms with Gasteiger partial charge in [0.25, 0.3) is 0 Å². The van der Waals surface area contributed by atoms with Crippen LogP contribution in [-0.2, 0) is 22.4 Å². The number of carboxylic acid groups (broad SMARTS) is 1. The number of carbonyl (C=O) groups is 2. The van der Waals surface area contributed by atoms with Gasteiger partial charge in [-0.3, -0.25) is 9.59 Å². The number of hydrogen-bond acceptors (Lipinski definition) is 6. The lowest BCUT2D eigenvalue weighted by atomic mass is 9.98. The second-order valence-corrected chi connectivity index (χ2v) is 6.45. The molecule has 2 aromatic carbocycles. The number of aliphatic carboxylic acids is 1. The molecular formula is C20H21N5O4. The van der Waals surface area contributed by atoms with Crippen molar-refractivity contribution >= 4 is 11.9 Å². The lowest BCUT2D eigenvalue weighted by Crippen LogP contribution is -2.35. The van der Waals surface area contributed by atoms with E-state index in [0.717, 1.165) is 16.8 Å². The molecule has 1 aromatic heterocycles. The van der Waals surface area contributed by atoms with Gasteiger partial charge in [0.1, 0.15) is 12.1 Å².